The Balaban J connectivity index is 1.50. The van der Waals surface area contributed by atoms with Crippen molar-refractivity contribution in [3.05, 3.63) is 41.8 Å². The van der Waals surface area contributed by atoms with Crippen molar-refractivity contribution in [2.75, 3.05) is 20.1 Å². The molecule has 0 spiro atoms. The lowest BCUT2D eigenvalue weighted by Gasteiger charge is -2.31. The van der Waals surface area contributed by atoms with Gasteiger partial charge in [0.05, 0.1) is 24.9 Å². The average molecular weight is 331 g/mol. The van der Waals surface area contributed by atoms with E-state index >= 15 is 0 Å². The highest BCUT2D eigenvalue weighted by atomic mass is 16.5. The number of carbonyl (C=O) groups is 1. The molecular formula is C16H21N5O3. The number of amides is 1. The molecule has 8 heteroatoms. The first kappa shape index (κ1) is 16.5. The molecule has 3 heterocycles. The monoisotopic (exact) mass is 331 g/mol. The Morgan fingerprint density at radius 3 is 3.21 bits per heavy atom. The smallest absolute Gasteiger partial charge is 0.315 e. The predicted octanol–water partition coefficient (Wildman–Crippen LogP) is 1.01. The van der Waals surface area contributed by atoms with Crippen LogP contribution in [0.15, 0.2) is 28.9 Å². The van der Waals surface area contributed by atoms with E-state index in [0.717, 1.165) is 31.6 Å². The zero-order chi connectivity index (χ0) is 16.8. The Bertz CT molecular complexity index is 661. The van der Waals surface area contributed by atoms with E-state index in [1.54, 1.807) is 6.20 Å². The number of hydrogen-bond acceptors (Lipinski definition) is 7. The van der Waals surface area contributed by atoms with E-state index < -0.39 is 0 Å². The number of rotatable bonds is 6. The van der Waals surface area contributed by atoms with Crippen molar-refractivity contribution in [3.63, 3.8) is 0 Å². The second-order valence-corrected chi connectivity index (χ2v) is 5.73. The number of pyridine rings is 1. The minimum atomic E-state index is -0.371. The molecule has 1 amide bonds. The summed E-state index contributed by atoms with van der Waals surface area (Å²) < 4.78 is 10.9. The standard InChI is InChI=1S/C16H21N5O3/c1-17-15(22)16-19-14(20-24-16)10-21-8-4-6-13(9-21)23-11-12-5-2-3-7-18-12/h2-3,5,7,13H,4,6,8-11H2,1H3,(H,17,22)/t13-/m0/s1. The Hall–Kier alpha value is -2.32. The Morgan fingerprint density at radius 2 is 2.42 bits per heavy atom. The molecule has 24 heavy (non-hydrogen) atoms. The lowest BCUT2D eigenvalue weighted by molar-refractivity contribution is -0.0139. The van der Waals surface area contributed by atoms with Crippen molar-refractivity contribution >= 4 is 5.91 Å². The van der Waals surface area contributed by atoms with Crippen LogP contribution >= 0.6 is 0 Å². The molecule has 0 bridgehead atoms. The SMILES string of the molecule is CNC(=O)c1nc(CN2CCC[C@H](OCc3ccccn3)C2)no1. The van der Waals surface area contributed by atoms with Crippen molar-refractivity contribution in [2.45, 2.75) is 32.1 Å². The predicted molar refractivity (Wildman–Crippen MR) is 85.0 cm³/mol. The largest absolute Gasteiger partial charge is 0.371 e. The maximum absolute atomic E-state index is 11.4. The topological polar surface area (TPSA) is 93.4 Å². The number of nitrogens with one attached hydrogen (secondary N) is 1. The van der Waals surface area contributed by atoms with E-state index in [0.29, 0.717) is 19.0 Å². The molecular weight excluding hydrogens is 310 g/mol. The fourth-order valence-corrected chi connectivity index (χ4v) is 2.70. The first-order valence-corrected chi connectivity index (χ1v) is 8.03. The number of aromatic nitrogens is 3. The summed E-state index contributed by atoms with van der Waals surface area (Å²) in [5.74, 6) is 0.135. The van der Waals surface area contributed by atoms with Crippen LogP contribution in [-0.4, -0.2) is 52.2 Å². The minimum absolute atomic E-state index is 0.00698. The van der Waals surface area contributed by atoms with Gasteiger partial charge in [-0.25, -0.2) is 0 Å². The molecule has 0 aromatic carbocycles. The second kappa shape index (κ2) is 7.98. The van der Waals surface area contributed by atoms with Gasteiger partial charge in [0.25, 0.3) is 0 Å². The number of piperidine rings is 1. The zero-order valence-electron chi connectivity index (χ0n) is 13.6. The molecule has 1 aliphatic heterocycles. The third-order valence-corrected chi connectivity index (χ3v) is 3.91. The molecule has 1 aliphatic rings. The van der Waals surface area contributed by atoms with Crippen LogP contribution < -0.4 is 5.32 Å². The quantitative estimate of drug-likeness (QED) is 0.844. The fourth-order valence-electron chi connectivity index (χ4n) is 2.70. The molecule has 0 aliphatic carbocycles. The zero-order valence-corrected chi connectivity index (χ0v) is 13.6. The molecule has 0 unspecified atom stereocenters. The summed E-state index contributed by atoms with van der Waals surface area (Å²) in [6.07, 6.45) is 4.00. The molecule has 1 N–H and O–H groups in total. The molecule has 1 saturated heterocycles. The van der Waals surface area contributed by atoms with Gasteiger partial charge in [-0.2, -0.15) is 4.98 Å². The third kappa shape index (κ3) is 4.36. The summed E-state index contributed by atoms with van der Waals surface area (Å²) in [4.78, 5) is 22.0. The summed E-state index contributed by atoms with van der Waals surface area (Å²) in [6, 6.07) is 5.81. The molecule has 1 fully saturated rings. The van der Waals surface area contributed by atoms with Gasteiger partial charge in [-0.05, 0) is 31.5 Å². The van der Waals surface area contributed by atoms with Crippen molar-refractivity contribution in [3.8, 4) is 0 Å². The maximum atomic E-state index is 11.4. The molecule has 8 nitrogen and oxygen atoms in total. The molecule has 2 aromatic rings. The first-order chi connectivity index (χ1) is 11.7. The summed E-state index contributed by atoms with van der Waals surface area (Å²) in [5, 5.41) is 6.32. The summed E-state index contributed by atoms with van der Waals surface area (Å²) in [7, 11) is 1.53. The van der Waals surface area contributed by atoms with E-state index in [9.17, 15) is 4.79 Å². The molecule has 1 atom stereocenters. The Kier molecular flexibility index (Phi) is 5.50. The molecule has 2 aromatic heterocycles. The first-order valence-electron chi connectivity index (χ1n) is 8.03. The van der Waals surface area contributed by atoms with Crippen LogP contribution in [0.4, 0.5) is 0 Å². The number of carbonyl (C=O) groups excluding carboxylic acids is 1. The third-order valence-electron chi connectivity index (χ3n) is 3.91. The van der Waals surface area contributed by atoms with Gasteiger partial charge in [0.2, 0.25) is 0 Å². The highest BCUT2D eigenvalue weighted by Crippen LogP contribution is 2.16. The van der Waals surface area contributed by atoms with Gasteiger partial charge in [-0.1, -0.05) is 11.2 Å². The Morgan fingerprint density at radius 1 is 1.50 bits per heavy atom. The van der Waals surface area contributed by atoms with Gasteiger partial charge in [0.15, 0.2) is 5.82 Å². The van der Waals surface area contributed by atoms with Crippen molar-refractivity contribution in [1.82, 2.24) is 25.3 Å². The molecule has 3 rings (SSSR count). The van der Waals surface area contributed by atoms with Crippen LogP contribution in [0.3, 0.4) is 0 Å². The van der Waals surface area contributed by atoms with Gasteiger partial charge < -0.3 is 14.6 Å². The van der Waals surface area contributed by atoms with Crippen molar-refractivity contribution in [1.29, 1.82) is 0 Å². The lowest BCUT2D eigenvalue weighted by Crippen LogP contribution is -2.39. The molecule has 0 saturated carbocycles. The van der Waals surface area contributed by atoms with Crippen LogP contribution in [0, 0.1) is 0 Å². The van der Waals surface area contributed by atoms with E-state index in [4.69, 9.17) is 9.26 Å². The lowest BCUT2D eigenvalue weighted by atomic mass is 10.1. The number of nitrogens with zero attached hydrogens (tertiary/aromatic N) is 4. The summed E-state index contributed by atoms with van der Waals surface area (Å²) in [6.45, 7) is 2.82. The van der Waals surface area contributed by atoms with E-state index in [1.807, 2.05) is 18.2 Å². The van der Waals surface area contributed by atoms with Crippen LogP contribution in [-0.2, 0) is 17.9 Å². The van der Waals surface area contributed by atoms with Gasteiger partial charge >= 0.3 is 11.8 Å². The van der Waals surface area contributed by atoms with E-state index in [2.05, 4.69) is 25.3 Å². The minimum Gasteiger partial charge on any atom is -0.371 e. The maximum Gasteiger partial charge on any atom is 0.315 e. The number of likely N-dealkylation sites (tertiary alicyclic amines) is 1. The van der Waals surface area contributed by atoms with Crippen molar-refractivity contribution < 1.29 is 14.1 Å². The normalized spacial score (nSPS) is 18.5. The van der Waals surface area contributed by atoms with Crippen LogP contribution in [0.25, 0.3) is 0 Å². The average Bonchev–Trinajstić information content (AvgIpc) is 3.09. The molecule has 128 valence electrons. The van der Waals surface area contributed by atoms with Gasteiger partial charge in [0.1, 0.15) is 0 Å². The molecule has 0 radical (unpaired) electrons. The number of ether oxygens (including phenoxy) is 1. The van der Waals surface area contributed by atoms with Gasteiger partial charge in [-0.15, -0.1) is 0 Å². The van der Waals surface area contributed by atoms with Crippen molar-refractivity contribution in [2.24, 2.45) is 0 Å². The fraction of sp³-hybridized carbons (Fsp3) is 0.500. The highest BCUT2D eigenvalue weighted by Gasteiger charge is 2.23. The van der Waals surface area contributed by atoms with E-state index in [-0.39, 0.29) is 17.9 Å². The van der Waals surface area contributed by atoms with Crippen LogP contribution in [0.2, 0.25) is 0 Å². The van der Waals surface area contributed by atoms with Crippen LogP contribution in [0.5, 0.6) is 0 Å². The van der Waals surface area contributed by atoms with Crippen LogP contribution in [0.1, 0.15) is 35.0 Å². The highest BCUT2D eigenvalue weighted by molar-refractivity contribution is 5.89. The second-order valence-electron chi connectivity index (χ2n) is 5.73. The van der Waals surface area contributed by atoms with Gasteiger partial charge in [-0.3, -0.25) is 14.7 Å². The number of hydrogen-bond donors (Lipinski definition) is 1. The van der Waals surface area contributed by atoms with E-state index in [1.165, 1.54) is 7.05 Å². The van der Waals surface area contributed by atoms with Gasteiger partial charge in [0, 0.05) is 19.8 Å². The summed E-state index contributed by atoms with van der Waals surface area (Å²) in [5.41, 5.74) is 0.933. The summed E-state index contributed by atoms with van der Waals surface area (Å²) >= 11 is 0. The Labute approximate surface area is 140 Å².